The van der Waals surface area contributed by atoms with Gasteiger partial charge in [0, 0.05) is 0 Å². The first-order valence-electron chi connectivity index (χ1n) is 4.51. The van der Waals surface area contributed by atoms with Crippen LogP contribution < -0.4 is 0 Å². The molecule has 0 amide bonds. The Bertz CT molecular complexity index is 218. The van der Waals surface area contributed by atoms with Crippen molar-refractivity contribution in [2.45, 2.75) is 26.9 Å². The summed E-state index contributed by atoms with van der Waals surface area (Å²) in [4.78, 5) is 10.7. The molecule has 0 aliphatic carbocycles. The fraction of sp³-hybridized carbons (Fsp3) is 0.875. The van der Waals surface area contributed by atoms with Gasteiger partial charge in [0.2, 0.25) is 0 Å². The average Bonchev–Trinajstić information content (AvgIpc) is 2.04. The van der Waals surface area contributed by atoms with Gasteiger partial charge in [0.25, 0.3) is 0 Å². The van der Waals surface area contributed by atoms with Crippen LogP contribution in [0.5, 0.6) is 0 Å². The quantitative estimate of drug-likeness (QED) is 0.658. The lowest BCUT2D eigenvalue weighted by atomic mass is 10.3. The zero-order valence-electron chi connectivity index (χ0n) is 8.73. The summed E-state index contributed by atoms with van der Waals surface area (Å²) >= 11 is 0. The van der Waals surface area contributed by atoms with E-state index >= 15 is 0 Å². The van der Waals surface area contributed by atoms with Crippen LogP contribution in [0.1, 0.15) is 20.8 Å². The molecule has 0 aromatic heterocycles. The summed E-state index contributed by atoms with van der Waals surface area (Å²) in [7, 11) is -3.30. The van der Waals surface area contributed by atoms with Crippen molar-refractivity contribution < 1.29 is 23.5 Å². The molecule has 0 aliphatic rings. The summed E-state index contributed by atoms with van der Waals surface area (Å²) in [6, 6.07) is 0. The number of aliphatic hydroxyl groups is 1. The van der Waals surface area contributed by atoms with Crippen molar-refractivity contribution >= 4 is 13.4 Å². The zero-order chi connectivity index (χ0) is 11.2. The molecule has 0 aromatic rings. The van der Waals surface area contributed by atoms with E-state index in [1.54, 1.807) is 13.8 Å². The number of hydrogen-bond donors (Lipinski definition) is 1. The fourth-order valence-electron chi connectivity index (χ4n) is 0.876. The first-order chi connectivity index (χ1) is 6.45. The van der Waals surface area contributed by atoms with Gasteiger partial charge in [-0.3, -0.25) is 9.36 Å². The normalized spacial score (nSPS) is 14.0. The maximum absolute atomic E-state index is 11.8. The summed E-state index contributed by atoms with van der Waals surface area (Å²) in [5, 5.41) is 9.23. The first kappa shape index (κ1) is 13.8. The Morgan fingerprint density at radius 1 is 1.36 bits per heavy atom. The summed E-state index contributed by atoms with van der Waals surface area (Å²) in [5.41, 5.74) is 0. The van der Waals surface area contributed by atoms with Gasteiger partial charge >= 0.3 is 7.60 Å². The summed E-state index contributed by atoms with van der Waals surface area (Å²) < 4.78 is 21.6. The van der Waals surface area contributed by atoms with E-state index in [9.17, 15) is 14.5 Å². The molecule has 14 heavy (non-hydrogen) atoms. The lowest BCUT2D eigenvalue weighted by Gasteiger charge is -2.18. The van der Waals surface area contributed by atoms with Crippen LogP contribution in [-0.4, -0.2) is 36.4 Å². The van der Waals surface area contributed by atoms with Gasteiger partial charge in [-0.2, -0.15) is 0 Å². The molecule has 1 N–H and O–H groups in total. The molecule has 0 aromatic carbocycles. The monoisotopic (exact) mass is 224 g/mol. The van der Waals surface area contributed by atoms with Crippen LogP contribution in [0.2, 0.25) is 0 Å². The van der Waals surface area contributed by atoms with Gasteiger partial charge in [0.1, 0.15) is 6.10 Å². The predicted molar refractivity (Wildman–Crippen MR) is 52.4 cm³/mol. The third-order valence-corrected chi connectivity index (χ3v) is 3.61. The van der Waals surface area contributed by atoms with Crippen LogP contribution in [0.25, 0.3) is 0 Å². The lowest BCUT2D eigenvalue weighted by molar-refractivity contribution is -0.124. The van der Waals surface area contributed by atoms with E-state index in [1.807, 2.05) is 0 Å². The second-order valence-electron chi connectivity index (χ2n) is 2.76. The SMILES string of the molecule is CCOP(=O)(C[C@H](O)C(C)=O)OCC. The molecule has 5 nitrogen and oxygen atoms in total. The number of hydrogen-bond acceptors (Lipinski definition) is 5. The molecular weight excluding hydrogens is 207 g/mol. The molecule has 84 valence electrons. The molecule has 0 unspecified atom stereocenters. The minimum atomic E-state index is -3.30. The van der Waals surface area contributed by atoms with Gasteiger partial charge in [-0.25, -0.2) is 0 Å². The molecule has 0 radical (unpaired) electrons. The zero-order valence-corrected chi connectivity index (χ0v) is 9.62. The van der Waals surface area contributed by atoms with Gasteiger partial charge in [0.05, 0.1) is 19.4 Å². The molecule has 0 fully saturated rings. The summed E-state index contributed by atoms with van der Waals surface area (Å²) in [5.74, 6) is -0.440. The van der Waals surface area contributed by atoms with E-state index in [4.69, 9.17) is 9.05 Å². The van der Waals surface area contributed by atoms with Crippen LogP contribution >= 0.6 is 7.60 Å². The van der Waals surface area contributed by atoms with Crippen molar-refractivity contribution in [3.05, 3.63) is 0 Å². The highest BCUT2D eigenvalue weighted by Gasteiger charge is 2.29. The van der Waals surface area contributed by atoms with Crippen molar-refractivity contribution in [2.75, 3.05) is 19.4 Å². The highest BCUT2D eigenvalue weighted by atomic mass is 31.2. The molecule has 0 spiro atoms. The van der Waals surface area contributed by atoms with Crippen molar-refractivity contribution in [3.63, 3.8) is 0 Å². The Hall–Kier alpha value is -0.220. The van der Waals surface area contributed by atoms with Crippen LogP contribution in [-0.2, 0) is 18.4 Å². The predicted octanol–water partition coefficient (Wildman–Crippen LogP) is 1.20. The highest BCUT2D eigenvalue weighted by Crippen LogP contribution is 2.48. The number of aliphatic hydroxyl groups excluding tert-OH is 1. The molecule has 0 saturated carbocycles. The fourth-order valence-corrected chi connectivity index (χ4v) is 2.63. The van der Waals surface area contributed by atoms with Crippen molar-refractivity contribution in [3.8, 4) is 0 Å². The van der Waals surface area contributed by atoms with E-state index in [2.05, 4.69) is 0 Å². The van der Waals surface area contributed by atoms with Crippen LogP contribution in [0.15, 0.2) is 0 Å². The highest BCUT2D eigenvalue weighted by molar-refractivity contribution is 7.53. The van der Waals surface area contributed by atoms with Crippen LogP contribution in [0.4, 0.5) is 0 Å². The largest absolute Gasteiger partial charge is 0.385 e. The standard InChI is InChI=1S/C8H17O5P/c1-4-12-14(11,13-5-2)6-8(10)7(3)9/h8,10H,4-6H2,1-3H3/t8-/m0/s1. The third-order valence-electron chi connectivity index (χ3n) is 1.52. The van der Waals surface area contributed by atoms with Crippen LogP contribution in [0, 0.1) is 0 Å². The molecule has 6 heteroatoms. The Morgan fingerprint density at radius 2 is 1.79 bits per heavy atom. The number of carbonyl (C=O) groups excluding carboxylic acids is 1. The molecule has 0 rings (SSSR count). The number of ketones is 1. The van der Waals surface area contributed by atoms with E-state index in [-0.39, 0.29) is 19.4 Å². The van der Waals surface area contributed by atoms with Gasteiger partial charge < -0.3 is 14.2 Å². The van der Waals surface area contributed by atoms with Crippen molar-refractivity contribution in [1.82, 2.24) is 0 Å². The first-order valence-corrected chi connectivity index (χ1v) is 6.24. The van der Waals surface area contributed by atoms with Gasteiger partial charge in [-0.15, -0.1) is 0 Å². The lowest BCUT2D eigenvalue weighted by Crippen LogP contribution is -2.23. The van der Waals surface area contributed by atoms with Gasteiger partial charge in [0.15, 0.2) is 5.78 Å². The third kappa shape index (κ3) is 4.86. The van der Waals surface area contributed by atoms with Crippen molar-refractivity contribution in [1.29, 1.82) is 0 Å². The Labute approximate surface area is 83.9 Å². The molecule has 0 bridgehead atoms. The minimum absolute atomic E-state index is 0.224. The summed E-state index contributed by atoms with van der Waals surface area (Å²) in [6.07, 6.45) is -1.55. The van der Waals surface area contributed by atoms with Crippen molar-refractivity contribution in [2.24, 2.45) is 0 Å². The Balaban J connectivity index is 4.35. The van der Waals surface area contributed by atoms with Gasteiger partial charge in [-0.05, 0) is 20.8 Å². The smallest absolute Gasteiger partial charge is 0.333 e. The maximum atomic E-state index is 11.8. The average molecular weight is 224 g/mol. The minimum Gasteiger partial charge on any atom is -0.385 e. The molecule has 0 heterocycles. The molecular formula is C8H17O5P. The second kappa shape index (κ2) is 6.30. The van der Waals surface area contributed by atoms with E-state index in [0.29, 0.717) is 0 Å². The van der Waals surface area contributed by atoms with E-state index in [0.717, 1.165) is 0 Å². The molecule has 0 aliphatic heterocycles. The molecule has 1 atom stereocenters. The Kier molecular flexibility index (Phi) is 6.20. The van der Waals surface area contributed by atoms with Gasteiger partial charge in [-0.1, -0.05) is 0 Å². The number of Topliss-reactive ketones (excluding diaryl/α,β-unsaturated/α-hetero) is 1. The topological polar surface area (TPSA) is 72.8 Å². The van der Waals surface area contributed by atoms with E-state index < -0.39 is 19.5 Å². The van der Waals surface area contributed by atoms with E-state index in [1.165, 1.54) is 6.92 Å². The number of rotatable bonds is 7. The molecule has 0 saturated heterocycles. The van der Waals surface area contributed by atoms with Crippen LogP contribution in [0.3, 0.4) is 0 Å². The number of carbonyl (C=O) groups is 1. The summed E-state index contributed by atoms with van der Waals surface area (Å²) in [6.45, 7) is 5.02. The second-order valence-corrected chi connectivity index (χ2v) is 4.86. The maximum Gasteiger partial charge on any atom is 0.333 e. The Morgan fingerprint density at radius 3 is 2.07 bits per heavy atom.